The molecule has 4 rings (SSSR count). The highest BCUT2D eigenvalue weighted by molar-refractivity contribution is 7.86. The van der Waals surface area contributed by atoms with Crippen molar-refractivity contribution in [1.29, 1.82) is 0 Å². The van der Waals surface area contributed by atoms with Crippen LogP contribution in [-0.2, 0) is 38.8 Å². The Morgan fingerprint density at radius 3 is 2.45 bits per heavy atom. The molecule has 9 nitrogen and oxygen atoms in total. The van der Waals surface area contributed by atoms with Gasteiger partial charge in [-0.3, -0.25) is 19.2 Å². The molecule has 9 unspecified atom stereocenters. The average molecular weight is 590 g/mol. The van der Waals surface area contributed by atoms with E-state index in [-0.39, 0.29) is 65.3 Å². The minimum Gasteiger partial charge on any atom is -0.743 e. The van der Waals surface area contributed by atoms with Gasteiger partial charge in [0, 0.05) is 43.9 Å². The highest BCUT2D eigenvalue weighted by Crippen LogP contribution is 2.68. The van der Waals surface area contributed by atoms with Crippen LogP contribution in [0.3, 0.4) is 0 Å². The fourth-order valence-corrected chi connectivity index (χ4v) is 9.07. The third-order valence-electron chi connectivity index (χ3n) is 11.0. The first-order valence-electron chi connectivity index (χ1n) is 14.1. The van der Waals surface area contributed by atoms with Crippen molar-refractivity contribution in [2.75, 3.05) is 6.61 Å². The Bertz CT molecular complexity index is 1170. The van der Waals surface area contributed by atoms with Crippen LogP contribution in [0.5, 0.6) is 0 Å². The van der Waals surface area contributed by atoms with E-state index in [1.165, 1.54) is 6.92 Å². The third kappa shape index (κ3) is 5.34. The first-order valence-corrected chi connectivity index (χ1v) is 15.5. The quantitative estimate of drug-likeness (QED) is 0.303. The van der Waals surface area contributed by atoms with Gasteiger partial charge in [0.25, 0.3) is 0 Å². The van der Waals surface area contributed by atoms with Gasteiger partial charge >= 0.3 is 17.2 Å². The summed E-state index contributed by atoms with van der Waals surface area (Å²) in [4.78, 5) is 50.3. The van der Waals surface area contributed by atoms with E-state index in [0.717, 1.165) is 19.3 Å². The number of carbonyl (C=O) groups excluding carboxylic acids is 4. The van der Waals surface area contributed by atoms with Gasteiger partial charge in [-0.1, -0.05) is 20.8 Å². The van der Waals surface area contributed by atoms with E-state index < -0.39 is 45.4 Å². The molecule has 0 bridgehead atoms. The van der Waals surface area contributed by atoms with Gasteiger partial charge in [0.1, 0.15) is 17.7 Å². The average Bonchev–Trinajstić information content (AvgIpc) is 3.20. The number of Topliss-reactive ketones (excluding diaryl/α,β-unsaturated/α-hetero) is 2. The van der Waals surface area contributed by atoms with Crippen LogP contribution in [0.4, 0.5) is 8.78 Å². The van der Waals surface area contributed by atoms with Gasteiger partial charge in [-0.15, -0.1) is 0 Å². The lowest BCUT2D eigenvalue weighted by Gasteiger charge is -2.61. The monoisotopic (exact) mass is 589 g/mol. The second kappa shape index (κ2) is 10.7. The lowest BCUT2D eigenvalue weighted by molar-refractivity contribution is -0.193. The van der Waals surface area contributed by atoms with E-state index in [4.69, 9.17) is 4.74 Å². The van der Waals surface area contributed by atoms with Crippen molar-refractivity contribution in [3.63, 3.8) is 0 Å². The summed E-state index contributed by atoms with van der Waals surface area (Å²) < 4.78 is 69.1. The number of carbonyl (C=O) groups is 4. The number of hydrogen-bond donors (Lipinski definition) is 0. The van der Waals surface area contributed by atoms with E-state index in [1.54, 1.807) is 0 Å². The lowest BCUT2D eigenvalue weighted by Crippen LogP contribution is -2.61. The number of ketones is 2. The van der Waals surface area contributed by atoms with Crippen molar-refractivity contribution in [3.8, 4) is 0 Å². The fraction of sp³-hybridized carbons (Fsp3) is 0.857. The predicted octanol–water partition coefficient (Wildman–Crippen LogP) is 4.03. The Kier molecular flexibility index (Phi) is 8.30. The summed E-state index contributed by atoms with van der Waals surface area (Å²) >= 11 is 0. The highest BCUT2D eigenvalue weighted by Gasteiger charge is 2.67. The number of esters is 2. The topological polar surface area (TPSA) is 144 Å². The van der Waals surface area contributed by atoms with Crippen LogP contribution in [0.1, 0.15) is 85.5 Å². The second-order valence-electron chi connectivity index (χ2n) is 13.0. The number of hydrogen-bond acceptors (Lipinski definition) is 9. The summed E-state index contributed by atoms with van der Waals surface area (Å²) in [5, 5.41) is -4.70. The minimum absolute atomic E-state index is 0.00253. The highest BCUT2D eigenvalue weighted by atomic mass is 32.2. The molecule has 0 radical (unpaired) electrons. The molecule has 0 N–H and O–H groups in total. The van der Waals surface area contributed by atoms with Gasteiger partial charge in [-0.25, -0.2) is 8.42 Å². The molecule has 0 aromatic heterocycles. The van der Waals surface area contributed by atoms with E-state index >= 15 is 0 Å². The van der Waals surface area contributed by atoms with Gasteiger partial charge in [0.05, 0.1) is 0 Å². The van der Waals surface area contributed by atoms with Crippen molar-refractivity contribution in [3.05, 3.63) is 0 Å². The molecule has 40 heavy (non-hydrogen) atoms. The summed E-state index contributed by atoms with van der Waals surface area (Å²) in [6.07, 6.45) is 3.53. The standard InChI is InChI=1S/C28H40F2O9S/c1-15(5-8-24(34)38-14-28(29,30)40(35,36)37)19-6-7-20-25-21(13-23(27(19,20)4)39-16(2)31)26(3)10-9-18(32)11-17(26)12-22(25)33/h15,17,19-21,23,25H,5-14H2,1-4H3,(H,35,36,37)/p-1. The Morgan fingerprint density at radius 1 is 1.15 bits per heavy atom. The van der Waals surface area contributed by atoms with Crippen LogP contribution >= 0.6 is 0 Å². The number of alkyl halides is 2. The Hall–Kier alpha value is -1.95. The van der Waals surface area contributed by atoms with Crippen LogP contribution in [0.25, 0.3) is 0 Å². The molecular formula is C28H39F2O9S-. The minimum atomic E-state index is -5.96. The molecule has 4 saturated carbocycles. The third-order valence-corrected chi connectivity index (χ3v) is 11.8. The van der Waals surface area contributed by atoms with E-state index in [1.807, 2.05) is 6.92 Å². The molecule has 4 fully saturated rings. The largest absolute Gasteiger partial charge is 0.743 e. The molecule has 226 valence electrons. The summed E-state index contributed by atoms with van der Waals surface area (Å²) in [6.45, 7) is 5.69. The number of ether oxygens (including phenoxy) is 2. The van der Waals surface area contributed by atoms with Gasteiger partial charge in [-0.2, -0.15) is 8.78 Å². The molecule has 0 amide bonds. The number of halogens is 2. The normalized spacial score (nSPS) is 38.6. The summed E-state index contributed by atoms with van der Waals surface area (Å²) in [5.74, 6) is -1.51. The van der Waals surface area contributed by atoms with E-state index in [9.17, 15) is 40.9 Å². The molecule has 0 aliphatic heterocycles. The van der Waals surface area contributed by atoms with Crippen molar-refractivity contribution < 1.29 is 50.4 Å². The van der Waals surface area contributed by atoms with Gasteiger partial charge in [0.2, 0.25) is 0 Å². The van der Waals surface area contributed by atoms with E-state index in [0.29, 0.717) is 25.7 Å². The zero-order valence-corrected chi connectivity index (χ0v) is 24.3. The maximum Gasteiger partial charge on any atom is 0.367 e. The molecule has 0 aromatic carbocycles. The summed E-state index contributed by atoms with van der Waals surface area (Å²) in [5.41, 5.74) is -0.748. The molecule has 0 saturated heterocycles. The molecule has 4 aliphatic rings. The second-order valence-corrected chi connectivity index (χ2v) is 14.5. The van der Waals surface area contributed by atoms with Crippen LogP contribution in [-0.4, -0.2) is 54.4 Å². The Balaban J connectivity index is 1.52. The van der Waals surface area contributed by atoms with Crippen molar-refractivity contribution in [2.45, 2.75) is 96.8 Å². The van der Waals surface area contributed by atoms with Gasteiger partial charge in [-0.05, 0) is 67.1 Å². The van der Waals surface area contributed by atoms with Crippen LogP contribution in [0, 0.1) is 46.3 Å². The zero-order chi connectivity index (χ0) is 29.8. The molecule has 0 heterocycles. The number of fused-ring (bicyclic) bond motifs is 5. The summed E-state index contributed by atoms with van der Waals surface area (Å²) in [6, 6.07) is 0. The first-order chi connectivity index (χ1) is 18.4. The predicted molar refractivity (Wildman–Crippen MR) is 136 cm³/mol. The molecular weight excluding hydrogens is 550 g/mol. The Morgan fingerprint density at radius 2 is 1.82 bits per heavy atom. The summed E-state index contributed by atoms with van der Waals surface area (Å²) in [7, 11) is -5.96. The SMILES string of the molecule is CC(=O)OC1CC2C(C(=O)CC3CC(=O)CCC32C)C2CCC(C(C)CCC(=O)OCC(F)(F)S(=O)(=O)[O-])C12C. The van der Waals surface area contributed by atoms with Crippen LogP contribution in [0.2, 0.25) is 0 Å². The maximum atomic E-state index is 13.7. The van der Waals surface area contributed by atoms with Gasteiger partial charge < -0.3 is 14.0 Å². The molecule has 9 atom stereocenters. The smallest absolute Gasteiger partial charge is 0.367 e. The zero-order valence-electron chi connectivity index (χ0n) is 23.5. The van der Waals surface area contributed by atoms with Crippen molar-refractivity contribution in [2.24, 2.45) is 46.3 Å². The van der Waals surface area contributed by atoms with Gasteiger partial charge in [0.15, 0.2) is 16.7 Å². The molecule has 0 aromatic rings. The van der Waals surface area contributed by atoms with Crippen LogP contribution < -0.4 is 0 Å². The van der Waals surface area contributed by atoms with E-state index in [2.05, 4.69) is 18.6 Å². The molecule has 12 heteroatoms. The molecule has 4 aliphatic carbocycles. The fourth-order valence-electron chi connectivity index (χ4n) is 8.86. The lowest BCUT2D eigenvalue weighted by atomic mass is 9.43. The maximum absolute atomic E-state index is 13.7. The first kappa shape index (κ1) is 31.0. The van der Waals surface area contributed by atoms with Crippen molar-refractivity contribution >= 4 is 33.6 Å². The molecule has 0 spiro atoms. The van der Waals surface area contributed by atoms with Crippen LogP contribution in [0.15, 0.2) is 0 Å². The Labute approximate surface area is 233 Å². The number of rotatable bonds is 8. The van der Waals surface area contributed by atoms with Crippen molar-refractivity contribution in [1.82, 2.24) is 0 Å².